The van der Waals surface area contributed by atoms with Gasteiger partial charge in [-0.2, -0.15) is 0 Å². The van der Waals surface area contributed by atoms with Crippen LogP contribution in [0.15, 0.2) is 34.5 Å². The third-order valence-electron chi connectivity index (χ3n) is 3.13. The van der Waals surface area contributed by atoms with E-state index >= 15 is 0 Å². The molecule has 0 N–H and O–H groups in total. The van der Waals surface area contributed by atoms with Gasteiger partial charge in [-0.3, -0.25) is 0 Å². The van der Waals surface area contributed by atoms with E-state index < -0.39 is 11.9 Å². The van der Waals surface area contributed by atoms with E-state index in [4.69, 9.17) is 9.47 Å². The first-order valence-corrected chi connectivity index (χ1v) is 8.95. The molecule has 0 spiro atoms. The molecule has 0 amide bonds. The van der Waals surface area contributed by atoms with Gasteiger partial charge in [0.05, 0.1) is 34.4 Å². The minimum absolute atomic E-state index is 0.286. The molecule has 122 valence electrons. The second-order valence-electron chi connectivity index (χ2n) is 4.67. The molecule has 0 unspecified atom stereocenters. The van der Waals surface area contributed by atoms with Crippen LogP contribution < -0.4 is 0 Å². The summed E-state index contributed by atoms with van der Waals surface area (Å²) in [5.74, 6) is -0.175. The molecule has 0 atom stereocenters. The highest BCUT2D eigenvalue weighted by Gasteiger charge is 2.30. The molecule has 0 bridgehead atoms. The fraction of sp³-hybridized carbons (Fsp3) is 0.294. The van der Waals surface area contributed by atoms with Crippen molar-refractivity contribution in [3.05, 3.63) is 41.5 Å². The number of thioether (sulfide) groups is 1. The van der Waals surface area contributed by atoms with Crippen molar-refractivity contribution < 1.29 is 19.1 Å². The number of carbonyl (C=O) groups is 2. The molecule has 4 nitrogen and oxygen atoms in total. The van der Waals surface area contributed by atoms with Gasteiger partial charge in [0.1, 0.15) is 0 Å². The summed E-state index contributed by atoms with van der Waals surface area (Å²) in [6.07, 6.45) is 0.970. The predicted octanol–water partition coefficient (Wildman–Crippen LogP) is 4.49. The SMILES string of the molecule is CCCSc1sc(-c2ccccc2)c(C(=O)OC)c1C(=O)OC. The van der Waals surface area contributed by atoms with Crippen LogP contribution in [0.1, 0.15) is 34.1 Å². The largest absolute Gasteiger partial charge is 0.465 e. The van der Waals surface area contributed by atoms with Gasteiger partial charge in [0, 0.05) is 0 Å². The van der Waals surface area contributed by atoms with Crippen molar-refractivity contribution in [1.82, 2.24) is 0 Å². The molecule has 2 rings (SSSR count). The van der Waals surface area contributed by atoms with E-state index in [0.29, 0.717) is 5.56 Å². The van der Waals surface area contributed by atoms with Crippen LogP contribution in [0.25, 0.3) is 10.4 Å². The fourth-order valence-corrected chi connectivity index (χ4v) is 4.55. The predicted molar refractivity (Wildman–Crippen MR) is 93.4 cm³/mol. The molecule has 23 heavy (non-hydrogen) atoms. The monoisotopic (exact) mass is 350 g/mol. The Balaban J connectivity index is 2.67. The van der Waals surface area contributed by atoms with Gasteiger partial charge in [-0.25, -0.2) is 9.59 Å². The second-order valence-corrected chi connectivity index (χ2v) is 7.05. The van der Waals surface area contributed by atoms with Crippen molar-refractivity contribution in [3.8, 4) is 10.4 Å². The van der Waals surface area contributed by atoms with E-state index in [9.17, 15) is 9.59 Å². The maximum absolute atomic E-state index is 12.3. The average molecular weight is 350 g/mol. The van der Waals surface area contributed by atoms with Gasteiger partial charge in [0.2, 0.25) is 0 Å². The van der Waals surface area contributed by atoms with Crippen molar-refractivity contribution >= 4 is 35.0 Å². The Morgan fingerprint density at radius 2 is 1.65 bits per heavy atom. The summed E-state index contributed by atoms with van der Waals surface area (Å²) in [6.45, 7) is 2.07. The van der Waals surface area contributed by atoms with Crippen LogP contribution in [-0.4, -0.2) is 31.9 Å². The molecular formula is C17H18O4S2. The van der Waals surface area contributed by atoms with Gasteiger partial charge in [-0.15, -0.1) is 23.1 Å². The Morgan fingerprint density at radius 1 is 1.04 bits per heavy atom. The Morgan fingerprint density at radius 3 is 2.22 bits per heavy atom. The molecule has 0 fully saturated rings. The summed E-state index contributed by atoms with van der Waals surface area (Å²) in [5.41, 5.74) is 1.47. The summed E-state index contributed by atoms with van der Waals surface area (Å²) in [7, 11) is 2.63. The van der Waals surface area contributed by atoms with Gasteiger partial charge in [-0.05, 0) is 17.7 Å². The van der Waals surface area contributed by atoms with Crippen molar-refractivity contribution in [3.63, 3.8) is 0 Å². The van der Waals surface area contributed by atoms with Crippen LogP contribution in [0.3, 0.4) is 0 Å². The van der Waals surface area contributed by atoms with E-state index in [1.54, 1.807) is 11.8 Å². The first-order valence-electron chi connectivity index (χ1n) is 7.15. The quantitative estimate of drug-likeness (QED) is 0.567. The molecule has 2 aromatic rings. The van der Waals surface area contributed by atoms with Gasteiger partial charge < -0.3 is 9.47 Å². The molecule has 1 heterocycles. The highest BCUT2D eigenvalue weighted by Crippen LogP contribution is 2.42. The normalized spacial score (nSPS) is 10.4. The Kier molecular flexibility index (Phi) is 6.24. The fourth-order valence-electron chi connectivity index (χ4n) is 2.08. The van der Waals surface area contributed by atoms with Gasteiger partial charge in [0.15, 0.2) is 0 Å². The number of thiophene rings is 1. The lowest BCUT2D eigenvalue weighted by Gasteiger charge is -2.05. The standard InChI is InChI=1S/C17H18O4S2/c1-4-10-22-17-13(16(19)21-3)12(15(18)20-2)14(23-17)11-8-6-5-7-9-11/h5-9H,4,10H2,1-3H3. The smallest absolute Gasteiger partial charge is 0.340 e. The molecule has 0 radical (unpaired) electrons. The molecule has 1 aromatic heterocycles. The van der Waals surface area contributed by atoms with E-state index in [-0.39, 0.29) is 5.56 Å². The molecule has 0 aliphatic carbocycles. The number of ether oxygens (including phenoxy) is 2. The van der Waals surface area contributed by atoms with E-state index in [0.717, 1.165) is 26.8 Å². The molecule has 0 aliphatic heterocycles. The summed E-state index contributed by atoms with van der Waals surface area (Å²) in [6, 6.07) is 9.52. The van der Waals surface area contributed by atoms with E-state index in [1.165, 1.54) is 25.6 Å². The molecule has 6 heteroatoms. The minimum atomic E-state index is -0.524. The number of hydrogen-bond acceptors (Lipinski definition) is 6. The zero-order valence-corrected chi connectivity index (χ0v) is 14.9. The second kappa shape index (κ2) is 8.17. The van der Waals surface area contributed by atoms with Crippen molar-refractivity contribution in [2.24, 2.45) is 0 Å². The number of methoxy groups -OCH3 is 2. The van der Waals surface area contributed by atoms with Crippen LogP contribution in [-0.2, 0) is 9.47 Å². The van der Waals surface area contributed by atoms with Crippen molar-refractivity contribution in [2.45, 2.75) is 17.6 Å². The molecule has 0 saturated carbocycles. The summed E-state index contributed by atoms with van der Waals surface area (Å²) >= 11 is 2.99. The van der Waals surface area contributed by atoms with Crippen LogP contribution in [0.5, 0.6) is 0 Å². The van der Waals surface area contributed by atoms with Crippen molar-refractivity contribution in [1.29, 1.82) is 0 Å². The van der Waals surface area contributed by atoms with Crippen LogP contribution in [0, 0.1) is 0 Å². The van der Waals surface area contributed by atoms with E-state index in [2.05, 4.69) is 6.92 Å². The van der Waals surface area contributed by atoms with Crippen molar-refractivity contribution in [2.75, 3.05) is 20.0 Å². The Bertz CT molecular complexity index is 692. The third kappa shape index (κ3) is 3.76. The zero-order valence-electron chi connectivity index (χ0n) is 13.3. The Labute approximate surface area is 143 Å². The lowest BCUT2D eigenvalue weighted by molar-refractivity contribution is 0.0554. The number of carbonyl (C=O) groups excluding carboxylic acids is 2. The maximum atomic E-state index is 12.3. The van der Waals surface area contributed by atoms with Crippen LogP contribution in [0.4, 0.5) is 0 Å². The van der Waals surface area contributed by atoms with Crippen LogP contribution >= 0.6 is 23.1 Å². The van der Waals surface area contributed by atoms with Gasteiger partial charge in [-0.1, -0.05) is 37.3 Å². The maximum Gasteiger partial charge on any atom is 0.340 e. The summed E-state index contributed by atoms with van der Waals surface area (Å²) in [4.78, 5) is 25.3. The van der Waals surface area contributed by atoms with Gasteiger partial charge in [0.25, 0.3) is 0 Å². The van der Waals surface area contributed by atoms with Crippen LogP contribution in [0.2, 0.25) is 0 Å². The number of rotatable bonds is 6. The number of hydrogen-bond donors (Lipinski definition) is 0. The third-order valence-corrected chi connectivity index (χ3v) is 5.84. The molecular weight excluding hydrogens is 332 g/mol. The zero-order chi connectivity index (χ0) is 16.8. The number of benzene rings is 1. The van der Waals surface area contributed by atoms with E-state index in [1.807, 2.05) is 30.3 Å². The topological polar surface area (TPSA) is 52.6 Å². The Hall–Kier alpha value is -1.79. The lowest BCUT2D eigenvalue weighted by Crippen LogP contribution is -2.11. The summed E-state index contributed by atoms with van der Waals surface area (Å²) in [5, 5.41) is 0. The summed E-state index contributed by atoms with van der Waals surface area (Å²) < 4.78 is 10.6. The van der Waals surface area contributed by atoms with Gasteiger partial charge >= 0.3 is 11.9 Å². The lowest BCUT2D eigenvalue weighted by atomic mass is 10.1. The number of esters is 2. The highest BCUT2D eigenvalue weighted by atomic mass is 32.2. The molecule has 1 aromatic carbocycles. The molecule has 0 aliphatic rings. The minimum Gasteiger partial charge on any atom is -0.465 e. The average Bonchev–Trinajstić information content (AvgIpc) is 2.98. The first-order chi connectivity index (χ1) is 11.1. The highest BCUT2D eigenvalue weighted by molar-refractivity contribution is 8.01. The molecule has 0 saturated heterocycles. The first kappa shape index (κ1) is 17.6.